The van der Waals surface area contributed by atoms with Crippen LogP contribution >= 0.6 is 0 Å². The molecule has 3 rings (SSSR count). The van der Waals surface area contributed by atoms with Crippen LogP contribution in [0, 0.1) is 17.3 Å². The summed E-state index contributed by atoms with van der Waals surface area (Å²) in [6, 6.07) is 0. The highest BCUT2D eigenvalue weighted by atomic mass is 16.3. The Bertz CT molecular complexity index is 160. The van der Waals surface area contributed by atoms with Gasteiger partial charge in [0.05, 0.1) is 6.10 Å². The Kier molecular flexibility index (Phi) is 0.563. The van der Waals surface area contributed by atoms with Gasteiger partial charge in [0.1, 0.15) is 0 Å². The topological polar surface area (TPSA) is 20.2 Å². The summed E-state index contributed by atoms with van der Waals surface area (Å²) in [6.07, 6.45) is 5.42. The molecule has 0 radical (unpaired) electrons. The van der Waals surface area contributed by atoms with Crippen molar-refractivity contribution in [2.24, 2.45) is 17.3 Å². The summed E-state index contributed by atoms with van der Waals surface area (Å²) in [4.78, 5) is 0. The zero-order valence-corrected chi connectivity index (χ0v) is 5.51. The van der Waals surface area contributed by atoms with Crippen LogP contribution in [-0.4, -0.2) is 11.2 Å². The molecule has 1 spiro atoms. The number of rotatable bonds is 0. The summed E-state index contributed by atoms with van der Waals surface area (Å²) in [6.45, 7) is 0. The Hall–Kier alpha value is -0.0400. The predicted octanol–water partition coefficient (Wildman–Crippen LogP) is 1.17. The van der Waals surface area contributed by atoms with Gasteiger partial charge >= 0.3 is 0 Å². The maximum atomic E-state index is 9.42. The number of hydrogen-bond acceptors (Lipinski definition) is 1. The highest BCUT2D eigenvalue weighted by Crippen LogP contribution is 2.75. The highest BCUT2D eigenvalue weighted by Gasteiger charge is 2.71. The Morgan fingerprint density at radius 2 is 2.00 bits per heavy atom. The van der Waals surface area contributed by atoms with E-state index in [9.17, 15) is 5.11 Å². The van der Waals surface area contributed by atoms with Crippen molar-refractivity contribution in [3.8, 4) is 0 Å². The lowest BCUT2D eigenvalue weighted by atomic mass is 9.69. The van der Waals surface area contributed by atoms with Crippen molar-refractivity contribution < 1.29 is 5.11 Å². The second-order valence-electron chi connectivity index (χ2n) is 4.04. The quantitative estimate of drug-likeness (QED) is 0.514. The largest absolute Gasteiger partial charge is 0.393 e. The number of aliphatic hydroxyl groups excluding tert-OH is 1. The van der Waals surface area contributed by atoms with Crippen LogP contribution < -0.4 is 0 Å². The van der Waals surface area contributed by atoms with Crippen LogP contribution in [0.25, 0.3) is 0 Å². The van der Waals surface area contributed by atoms with E-state index in [4.69, 9.17) is 0 Å². The van der Waals surface area contributed by atoms with Crippen molar-refractivity contribution in [2.75, 3.05) is 0 Å². The predicted molar refractivity (Wildman–Crippen MR) is 33.9 cm³/mol. The van der Waals surface area contributed by atoms with E-state index in [0.717, 1.165) is 18.3 Å². The van der Waals surface area contributed by atoms with Crippen LogP contribution in [0.1, 0.15) is 25.7 Å². The van der Waals surface area contributed by atoms with E-state index in [1.54, 1.807) is 0 Å². The molecule has 3 aliphatic rings. The normalized spacial score (nSPS) is 68.3. The summed E-state index contributed by atoms with van der Waals surface area (Å²) < 4.78 is 0. The summed E-state index contributed by atoms with van der Waals surface area (Å²) in [5.74, 6) is 1.89. The molecular weight excluding hydrogens is 112 g/mol. The molecule has 1 N–H and O–H groups in total. The van der Waals surface area contributed by atoms with Crippen LogP contribution in [0.3, 0.4) is 0 Å². The highest BCUT2D eigenvalue weighted by molar-refractivity contribution is 5.21. The first-order valence-corrected chi connectivity index (χ1v) is 4.02. The summed E-state index contributed by atoms with van der Waals surface area (Å²) >= 11 is 0. The van der Waals surface area contributed by atoms with Crippen LogP contribution in [0.4, 0.5) is 0 Å². The van der Waals surface area contributed by atoms with Crippen LogP contribution in [0.2, 0.25) is 0 Å². The Balaban J connectivity index is 1.98. The maximum absolute atomic E-state index is 9.42. The third-order valence-corrected chi connectivity index (χ3v) is 3.95. The first-order valence-electron chi connectivity index (χ1n) is 4.02. The maximum Gasteiger partial charge on any atom is 0.0604 e. The average Bonchev–Trinajstić information content (AvgIpc) is 2.52. The third-order valence-electron chi connectivity index (χ3n) is 3.95. The van der Waals surface area contributed by atoms with Crippen molar-refractivity contribution >= 4 is 0 Å². The Morgan fingerprint density at radius 3 is 2.44 bits per heavy atom. The molecular formula is C8H12O. The molecule has 9 heavy (non-hydrogen) atoms. The summed E-state index contributed by atoms with van der Waals surface area (Å²) in [7, 11) is 0. The lowest BCUT2D eigenvalue weighted by Crippen LogP contribution is -2.41. The van der Waals surface area contributed by atoms with Crippen molar-refractivity contribution in [3.63, 3.8) is 0 Å². The van der Waals surface area contributed by atoms with E-state index >= 15 is 0 Å². The van der Waals surface area contributed by atoms with Gasteiger partial charge in [0.2, 0.25) is 0 Å². The van der Waals surface area contributed by atoms with Crippen molar-refractivity contribution in [1.82, 2.24) is 0 Å². The van der Waals surface area contributed by atoms with Gasteiger partial charge in [-0.05, 0) is 37.5 Å². The lowest BCUT2D eigenvalue weighted by molar-refractivity contribution is -0.0461. The van der Waals surface area contributed by atoms with Gasteiger partial charge in [-0.2, -0.15) is 0 Å². The van der Waals surface area contributed by atoms with Gasteiger partial charge in [-0.3, -0.25) is 0 Å². The Morgan fingerprint density at radius 1 is 1.22 bits per heavy atom. The minimum atomic E-state index is 0.106. The monoisotopic (exact) mass is 124 g/mol. The molecule has 4 unspecified atom stereocenters. The molecule has 4 atom stereocenters. The molecule has 0 aromatic rings. The van der Waals surface area contributed by atoms with Crippen molar-refractivity contribution in [3.05, 3.63) is 0 Å². The number of aliphatic hydroxyl groups is 1. The van der Waals surface area contributed by atoms with Crippen molar-refractivity contribution in [1.29, 1.82) is 0 Å². The van der Waals surface area contributed by atoms with E-state index in [2.05, 4.69) is 0 Å². The summed E-state index contributed by atoms with van der Waals surface area (Å²) in [5, 5.41) is 9.42. The van der Waals surface area contributed by atoms with Gasteiger partial charge in [-0.15, -0.1) is 0 Å². The molecule has 0 aromatic carbocycles. The molecule has 0 aliphatic heterocycles. The van der Waals surface area contributed by atoms with Crippen LogP contribution in [0.5, 0.6) is 0 Å². The van der Waals surface area contributed by atoms with E-state index in [1.165, 1.54) is 19.3 Å². The van der Waals surface area contributed by atoms with E-state index in [0.29, 0.717) is 5.41 Å². The minimum absolute atomic E-state index is 0.106. The minimum Gasteiger partial charge on any atom is -0.393 e. The van der Waals surface area contributed by atoms with Gasteiger partial charge in [0, 0.05) is 5.41 Å². The van der Waals surface area contributed by atoms with Gasteiger partial charge < -0.3 is 5.11 Å². The zero-order valence-electron chi connectivity index (χ0n) is 5.51. The molecule has 0 aromatic heterocycles. The average molecular weight is 124 g/mol. The molecule has 0 bridgehead atoms. The van der Waals surface area contributed by atoms with E-state index in [-0.39, 0.29) is 6.10 Å². The molecule has 50 valence electrons. The standard InChI is InChI=1S/C8H12O/c9-7-3-5-1-2-6-4-8(5,6)7/h5-7,9H,1-4H2. The summed E-state index contributed by atoms with van der Waals surface area (Å²) in [5.41, 5.74) is 0.514. The van der Waals surface area contributed by atoms with E-state index in [1.807, 2.05) is 0 Å². The van der Waals surface area contributed by atoms with Crippen LogP contribution in [0.15, 0.2) is 0 Å². The molecule has 3 fully saturated rings. The van der Waals surface area contributed by atoms with Gasteiger partial charge in [-0.1, -0.05) is 0 Å². The SMILES string of the molecule is OC1CC2CCC3CC123. The molecule has 0 saturated heterocycles. The van der Waals surface area contributed by atoms with E-state index < -0.39 is 0 Å². The fourth-order valence-electron chi connectivity index (χ4n) is 3.26. The molecule has 3 saturated carbocycles. The Labute approximate surface area is 55.1 Å². The lowest BCUT2D eigenvalue weighted by Gasteiger charge is -2.40. The first-order chi connectivity index (χ1) is 4.34. The van der Waals surface area contributed by atoms with Gasteiger partial charge in [-0.25, -0.2) is 0 Å². The second-order valence-corrected chi connectivity index (χ2v) is 4.04. The van der Waals surface area contributed by atoms with Gasteiger partial charge in [0.25, 0.3) is 0 Å². The third kappa shape index (κ3) is 0.315. The molecule has 0 amide bonds. The number of hydrogen-bond donors (Lipinski definition) is 1. The fraction of sp³-hybridized carbons (Fsp3) is 1.00. The molecule has 1 nitrogen and oxygen atoms in total. The smallest absolute Gasteiger partial charge is 0.0604 e. The second kappa shape index (κ2) is 1.07. The molecule has 1 heteroatoms. The van der Waals surface area contributed by atoms with Gasteiger partial charge in [0.15, 0.2) is 0 Å². The molecule has 3 aliphatic carbocycles. The molecule has 0 heterocycles. The van der Waals surface area contributed by atoms with Crippen LogP contribution in [-0.2, 0) is 0 Å². The fourth-order valence-corrected chi connectivity index (χ4v) is 3.26. The van der Waals surface area contributed by atoms with Crippen molar-refractivity contribution in [2.45, 2.75) is 31.8 Å². The zero-order chi connectivity index (χ0) is 6.06. The first kappa shape index (κ1) is 4.73.